The number of hydrogen-bond donors (Lipinski definition) is 2. The largest absolute Gasteiger partial charge is 0.393 e. The zero-order chi connectivity index (χ0) is 17.2. The van der Waals surface area contributed by atoms with E-state index in [1.165, 1.54) is 12.0 Å². The Bertz CT molecular complexity index is 488. The molecule has 0 amide bonds. The molecule has 3 N–H and O–H groups in total. The lowest BCUT2D eigenvalue weighted by molar-refractivity contribution is 0.547. The summed E-state index contributed by atoms with van der Waals surface area (Å²) < 4.78 is 0. The third-order valence-electron chi connectivity index (χ3n) is 4.25. The van der Waals surface area contributed by atoms with E-state index in [-0.39, 0.29) is 6.04 Å². The van der Waals surface area contributed by atoms with Gasteiger partial charge in [0.2, 0.25) is 0 Å². The summed E-state index contributed by atoms with van der Waals surface area (Å²) in [5.41, 5.74) is 10.1. The maximum absolute atomic E-state index is 6.50. The summed E-state index contributed by atoms with van der Waals surface area (Å²) in [6.07, 6.45) is 14.5. The maximum Gasteiger partial charge on any atom is 0.136 e. The molecule has 2 nitrogen and oxygen atoms in total. The molecule has 0 bridgehead atoms. The van der Waals surface area contributed by atoms with Crippen LogP contribution in [0.5, 0.6) is 0 Å². The molecule has 0 fully saturated rings. The molecule has 1 rings (SSSR count). The second-order valence-electron chi connectivity index (χ2n) is 6.49. The highest BCUT2D eigenvalue weighted by atomic mass is 14.9. The molecular formula is C20H32BN2. The Kier molecular flexibility index (Phi) is 8.79. The van der Waals surface area contributed by atoms with Crippen molar-refractivity contribution in [1.82, 2.24) is 5.32 Å². The van der Waals surface area contributed by atoms with E-state index in [1.54, 1.807) is 0 Å². The SMILES string of the molecule is C=C/C(=C\C=C/C)CC(N)C1=CC(CC(=C)C)CCC([B]C)N1. The first-order valence-corrected chi connectivity index (χ1v) is 8.62. The predicted molar refractivity (Wildman–Crippen MR) is 104 cm³/mol. The summed E-state index contributed by atoms with van der Waals surface area (Å²) in [7, 11) is 2.23. The van der Waals surface area contributed by atoms with Gasteiger partial charge in [-0.25, -0.2) is 0 Å². The first-order valence-electron chi connectivity index (χ1n) is 8.62. The zero-order valence-corrected chi connectivity index (χ0v) is 15.0. The first kappa shape index (κ1) is 19.6. The monoisotopic (exact) mass is 311 g/mol. The Hall–Kier alpha value is -1.48. The second-order valence-corrected chi connectivity index (χ2v) is 6.49. The molecule has 125 valence electrons. The molecule has 1 aliphatic heterocycles. The summed E-state index contributed by atoms with van der Waals surface area (Å²) in [6, 6.07) is -0.0299. The van der Waals surface area contributed by atoms with Gasteiger partial charge in [-0.15, -0.1) is 6.58 Å². The number of nitrogens with one attached hydrogen (secondary N) is 1. The van der Waals surface area contributed by atoms with Crippen LogP contribution in [0.4, 0.5) is 0 Å². The molecule has 3 unspecified atom stereocenters. The summed E-state index contributed by atoms with van der Waals surface area (Å²) in [4.78, 5) is 0. The molecule has 1 radical (unpaired) electrons. The third kappa shape index (κ3) is 7.09. The Labute approximate surface area is 143 Å². The predicted octanol–water partition coefficient (Wildman–Crippen LogP) is 4.32. The first-order chi connectivity index (χ1) is 11.0. The van der Waals surface area contributed by atoms with Crippen LogP contribution in [0.3, 0.4) is 0 Å². The summed E-state index contributed by atoms with van der Waals surface area (Å²) >= 11 is 0. The van der Waals surface area contributed by atoms with Gasteiger partial charge in [-0.1, -0.05) is 49.4 Å². The van der Waals surface area contributed by atoms with E-state index in [2.05, 4.69) is 51.7 Å². The summed E-state index contributed by atoms with van der Waals surface area (Å²) in [6.45, 7) is 14.2. The molecule has 23 heavy (non-hydrogen) atoms. The average molecular weight is 311 g/mol. The van der Waals surface area contributed by atoms with Crippen molar-refractivity contribution >= 4 is 7.28 Å². The van der Waals surface area contributed by atoms with Gasteiger partial charge in [-0.05, 0) is 57.0 Å². The van der Waals surface area contributed by atoms with Gasteiger partial charge in [0.25, 0.3) is 0 Å². The van der Waals surface area contributed by atoms with Gasteiger partial charge in [-0.3, -0.25) is 0 Å². The molecular weight excluding hydrogens is 279 g/mol. The molecule has 0 spiro atoms. The normalized spacial score (nSPS) is 23.7. The van der Waals surface area contributed by atoms with E-state index in [9.17, 15) is 0 Å². The van der Waals surface area contributed by atoms with Crippen LogP contribution in [0.1, 0.15) is 39.5 Å². The van der Waals surface area contributed by atoms with Crippen LogP contribution in [0.2, 0.25) is 6.82 Å². The highest BCUT2D eigenvalue weighted by Crippen LogP contribution is 2.25. The molecule has 3 atom stereocenters. The zero-order valence-electron chi connectivity index (χ0n) is 15.0. The molecule has 1 heterocycles. The van der Waals surface area contributed by atoms with E-state index >= 15 is 0 Å². The van der Waals surface area contributed by atoms with Crippen molar-refractivity contribution in [2.75, 3.05) is 0 Å². The molecule has 0 aromatic carbocycles. The van der Waals surface area contributed by atoms with Gasteiger partial charge in [0.05, 0.1) is 0 Å². The van der Waals surface area contributed by atoms with Crippen LogP contribution in [-0.4, -0.2) is 19.3 Å². The number of rotatable bonds is 8. The highest BCUT2D eigenvalue weighted by Gasteiger charge is 2.21. The van der Waals surface area contributed by atoms with Crippen LogP contribution < -0.4 is 11.1 Å². The van der Waals surface area contributed by atoms with E-state index in [0.29, 0.717) is 11.9 Å². The fourth-order valence-corrected chi connectivity index (χ4v) is 2.96. The lowest BCUT2D eigenvalue weighted by Gasteiger charge is -2.22. The van der Waals surface area contributed by atoms with E-state index in [4.69, 9.17) is 5.73 Å². The lowest BCUT2D eigenvalue weighted by Crippen LogP contribution is -2.39. The van der Waals surface area contributed by atoms with E-state index in [0.717, 1.165) is 30.5 Å². The molecule has 0 aliphatic carbocycles. The number of allylic oxidation sites excluding steroid dienone is 6. The topological polar surface area (TPSA) is 38.0 Å². The second kappa shape index (κ2) is 10.3. The standard InChI is InChI=1S/C20H32BN2/c1-6-8-9-16(7-2)13-18(22)19-14-17(12-15(3)4)10-11-20(21-5)23-19/h6-9,14,17-18,20,23H,2-3,10-13,22H2,1,4-5H3/b8-6-,16-9+. The van der Waals surface area contributed by atoms with Crippen molar-refractivity contribution in [3.05, 3.63) is 60.4 Å². The van der Waals surface area contributed by atoms with Crippen molar-refractivity contribution in [2.45, 2.75) is 58.3 Å². The third-order valence-corrected chi connectivity index (χ3v) is 4.25. The van der Waals surface area contributed by atoms with Crippen molar-refractivity contribution in [2.24, 2.45) is 11.7 Å². The van der Waals surface area contributed by atoms with E-state index in [1.807, 2.05) is 25.2 Å². The van der Waals surface area contributed by atoms with Gasteiger partial charge in [0, 0.05) is 11.7 Å². The van der Waals surface area contributed by atoms with Gasteiger partial charge >= 0.3 is 0 Å². The van der Waals surface area contributed by atoms with E-state index < -0.39 is 0 Å². The fraction of sp³-hybridized carbons (Fsp3) is 0.500. The highest BCUT2D eigenvalue weighted by molar-refractivity contribution is 6.35. The molecule has 0 saturated carbocycles. The van der Waals surface area contributed by atoms with Crippen molar-refractivity contribution in [1.29, 1.82) is 0 Å². The van der Waals surface area contributed by atoms with Crippen LogP contribution in [0.25, 0.3) is 0 Å². The Morgan fingerprint density at radius 1 is 1.52 bits per heavy atom. The van der Waals surface area contributed by atoms with Gasteiger partial charge in [0.15, 0.2) is 0 Å². The molecule has 0 aromatic heterocycles. The Balaban J connectivity index is 2.90. The van der Waals surface area contributed by atoms with Crippen LogP contribution in [-0.2, 0) is 0 Å². The molecule has 1 aliphatic rings. The molecule has 0 aromatic rings. The van der Waals surface area contributed by atoms with Crippen molar-refractivity contribution in [3.8, 4) is 0 Å². The average Bonchev–Trinajstić information content (AvgIpc) is 2.73. The fourth-order valence-electron chi connectivity index (χ4n) is 2.96. The summed E-state index contributed by atoms with van der Waals surface area (Å²) in [5.74, 6) is 0.923. The van der Waals surface area contributed by atoms with Gasteiger partial charge in [0.1, 0.15) is 7.28 Å². The maximum atomic E-state index is 6.50. The number of hydrogen-bond acceptors (Lipinski definition) is 2. The Morgan fingerprint density at radius 3 is 2.83 bits per heavy atom. The van der Waals surface area contributed by atoms with Crippen molar-refractivity contribution in [3.63, 3.8) is 0 Å². The van der Waals surface area contributed by atoms with Gasteiger partial charge < -0.3 is 11.1 Å². The summed E-state index contributed by atoms with van der Waals surface area (Å²) in [5, 5.41) is 3.63. The smallest absolute Gasteiger partial charge is 0.136 e. The minimum Gasteiger partial charge on any atom is -0.393 e. The minimum absolute atomic E-state index is 0.0299. The minimum atomic E-state index is -0.0299. The lowest BCUT2D eigenvalue weighted by atomic mass is 9.70. The van der Waals surface area contributed by atoms with Crippen LogP contribution >= 0.6 is 0 Å². The quantitative estimate of drug-likeness (QED) is 0.398. The number of nitrogens with two attached hydrogens (primary N) is 1. The molecule has 3 heteroatoms. The Morgan fingerprint density at radius 2 is 2.26 bits per heavy atom. The van der Waals surface area contributed by atoms with Crippen LogP contribution in [0, 0.1) is 5.92 Å². The van der Waals surface area contributed by atoms with Crippen LogP contribution in [0.15, 0.2) is 60.4 Å². The molecule has 0 saturated heterocycles. The van der Waals surface area contributed by atoms with Crippen molar-refractivity contribution < 1.29 is 0 Å². The van der Waals surface area contributed by atoms with Gasteiger partial charge in [-0.2, -0.15) is 0 Å².